The minimum Gasteiger partial charge on any atom is -0.311 e. The maximum Gasteiger partial charge on any atom is 0.00722 e. The van der Waals surface area contributed by atoms with Gasteiger partial charge in [-0.3, -0.25) is 0 Å². The monoisotopic (exact) mass is 225 g/mol. The third kappa shape index (κ3) is 4.86. The normalized spacial score (nSPS) is 27.9. The summed E-state index contributed by atoms with van der Waals surface area (Å²) in [5.41, 5.74) is 0. The van der Waals surface area contributed by atoms with Crippen molar-refractivity contribution >= 4 is 0 Å². The van der Waals surface area contributed by atoms with Crippen molar-refractivity contribution < 1.29 is 0 Å². The molecule has 1 N–H and O–H groups in total. The van der Waals surface area contributed by atoms with Crippen LogP contribution < -0.4 is 5.32 Å². The molecule has 1 rings (SSSR count). The summed E-state index contributed by atoms with van der Waals surface area (Å²) in [4.78, 5) is 0. The van der Waals surface area contributed by atoms with E-state index in [1.807, 2.05) is 0 Å². The summed E-state index contributed by atoms with van der Waals surface area (Å²) in [6.07, 6.45) is 12.5. The average molecular weight is 225 g/mol. The highest BCUT2D eigenvalue weighted by Gasteiger charge is 2.22. The van der Waals surface area contributed by atoms with Gasteiger partial charge < -0.3 is 5.32 Å². The first-order valence-electron chi connectivity index (χ1n) is 7.56. The van der Waals surface area contributed by atoms with Gasteiger partial charge in [-0.05, 0) is 31.6 Å². The molecular formula is C15H31N. The molecule has 0 radical (unpaired) electrons. The molecule has 1 fully saturated rings. The highest BCUT2D eigenvalue weighted by atomic mass is 14.9. The van der Waals surface area contributed by atoms with Crippen LogP contribution in [-0.2, 0) is 0 Å². The van der Waals surface area contributed by atoms with Gasteiger partial charge in [0, 0.05) is 12.1 Å². The zero-order valence-corrected chi connectivity index (χ0v) is 11.6. The smallest absolute Gasteiger partial charge is 0.00722 e. The van der Waals surface area contributed by atoms with Gasteiger partial charge in [0.25, 0.3) is 0 Å². The molecule has 1 nitrogen and oxygen atoms in total. The zero-order chi connectivity index (χ0) is 11.8. The lowest BCUT2D eigenvalue weighted by Crippen LogP contribution is -2.40. The van der Waals surface area contributed by atoms with E-state index >= 15 is 0 Å². The van der Waals surface area contributed by atoms with Gasteiger partial charge in [0.2, 0.25) is 0 Å². The fourth-order valence-corrected chi connectivity index (χ4v) is 3.00. The van der Waals surface area contributed by atoms with Crippen molar-refractivity contribution in [3.8, 4) is 0 Å². The van der Waals surface area contributed by atoms with Gasteiger partial charge in [-0.2, -0.15) is 0 Å². The molecule has 0 aromatic heterocycles. The summed E-state index contributed by atoms with van der Waals surface area (Å²) >= 11 is 0. The van der Waals surface area contributed by atoms with Crippen molar-refractivity contribution in [2.45, 2.75) is 90.6 Å². The second-order valence-corrected chi connectivity index (χ2v) is 5.55. The van der Waals surface area contributed by atoms with Crippen LogP contribution in [0.3, 0.4) is 0 Å². The van der Waals surface area contributed by atoms with E-state index in [4.69, 9.17) is 0 Å². The quantitative estimate of drug-likeness (QED) is 0.672. The van der Waals surface area contributed by atoms with E-state index in [0.29, 0.717) is 0 Å². The van der Waals surface area contributed by atoms with Gasteiger partial charge in [-0.25, -0.2) is 0 Å². The van der Waals surface area contributed by atoms with E-state index in [9.17, 15) is 0 Å². The van der Waals surface area contributed by atoms with Crippen molar-refractivity contribution in [1.82, 2.24) is 5.32 Å². The third-order valence-corrected chi connectivity index (χ3v) is 4.23. The zero-order valence-electron chi connectivity index (χ0n) is 11.6. The van der Waals surface area contributed by atoms with Crippen molar-refractivity contribution in [3.05, 3.63) is 0 Å². The fraction of sp³-hybridized carbons (Fsp3) is 1.00. The summed E-state index contributed by atoms with van der Waals surface area (Å²) in [6, 6.07) is 1.60. The second-order valence-electron chi connectivity index (χ2n) is 5.55. The van der Waals surface area contributed by atoms with Gasteiger partial charge in [0.1, 0.15) is 0 Å². The minimum atomic E-state index is 0.778. The Kier molecular flexibility index (Phi) is 7.11. The Morgan fingerprint density at radius 2 is 2.00 bits per heavy atom. The Labute approximate surface area is 102 Å². The first-order valence-corrected chi connectivity index (χ1v) is 7.56. The van der Waals surface area contributed by atoms with E-state index in [-0.39, 0.29) is 0 Å². The van der Waals surface area contributed by atoms with Crippen LogP contribution in [0, 0.1) is 5.92 Å². The number of hydrogen-bond donors (Lipinski definition) is 1. The summed E-state index contributed by atoms with van der Waals surface area (Å²) < 4.78 is 0. The average Bonchev–Trinajstić information content (AvgIpc) is 2.34. The van der Waals surface area contributed by atoms with Crippen LogP contribution in [0.1, 0.15) is 78.6 Å². The summed E-state index contributed by atoms with van der Waals surface area (Å²) in [5.74, 6) is 0.995. The molecule has 3 atom stereocenters. The molecule has 0 aliphatic heterocycles. The Bertz CT molecular complexity index is 167. The molecule has 1 aliphatic carbocycles. The molecule has 0 amide bonds. The number of nitrogens with one attached hydrogen (secondary N) is 1. The van der Waals surface area contributed by atoms with Crippen molar-refractivity contribution in [2.75, 3.05) is 0 Å². The van der Waals surface area contributed by atoms with E-state index in [0.717, 1.165) is 18.0 Å². The summed E-state index contributed by atoms with van der Waals surface area (Å²) in [7, 11) is 0. The molecule has 1 saturated carbocycles. The minimum absolute atomic E-state index is 0.778. The lowest BCUT2D eigenvalue weighted by Gasteiger charge is -2.32. The van der Waals surface area contributed by atoms with Gasteiger partial charge in [0.05, 0.1) is 0 Å². The van der Waals surface area contributed by atoms with Crippen LogP contribution in [0.25, 0.3) is 0 Å². The predicted octanol–water partition coefficient (Wildman–Crippen LogP) is 4.51. The van der Waals surface area contributed by atoms with E-state index in [1.54, 1.807) is 0 Å². The summed E-state index contributed by atoms with van der Waals surface area (Å²) in [6.45, 7) is 6.97. The van der Waals surface area contributed by atoms with Crippen molar-refractivity contribution in [2.24, 2.45) is 5.92 Å². The van der Waals surface area contributed by atoms with Crippen LogP contribution in [-0.4, -0.2) is 12.1 Å². The standard InChI is InChI=1S/C15H31N/c1-4-7-10-14(6-3)16-15-11-8-9-13(5-2)12-15/h13-16H,4-12H2,1-3H3. The Balaban J connectivity index is 2.27. The van der Waals surface area contributed by atoms with Crippen LogP contribution in [0.15, 0.2) is 0 Å². The van der Waals surface area contributed by atoms with Crippen molar-refractivity contribution in [1.29, 1.82) is 0 Å². The van der Waals surface area contributed by atoms with E-state index in [2.05, 4.69) is 26.1 Å². The molecule has 0 spiro atoms. The van der Waals surface area contributed by atoms with Crippen molar-refractivity contribution in [3.63, 3.8) is 0 Å². The van der Waals surface area contributed by atoms with Gasteiger partial charge in [-0.1, -0.05) is 52.9 Å². The molecule has 0 bridgehead atoms. The maximum absolute atomic E-state index is 3.90. The number of unbranched alkanes of at least 4 members (excludes halogenated alkanes) is 1. The van der Waals surface area contributed by atoms with Crippen LogP contribution in [0.4, 0.5) is 0 Å². The highest BCUT2D eigenvalue weighted by molar-refractivity contribution is 4.80. The third-order valence-electron chi connectivity index (χ3n) is 4.23. The van der Waals surface area contributed by atoms with Gasteiger partial charge in [0.15, 0.2) is 0 Å². The topological polar surface area (TPSA) is 12.0 Å². The lowest BCUT2D eigenvalue weighted by molar-refractivity contribution is 0.254. The van der Waals surface area contributed by atoms with Crippen LogP contribution in [0.2, 0.25) is 0 Å². The SMILES string of the molecule is CCCCC(CC)NC1CCCC(CC)C1. The van der Waals surface area contributed by atoms with Gasteiger partial charge >= 0.3 is 0 Å². The molecule has 1 heteroatoms. The van der Waals surface area contributed by atoms with E-state index in [1.165, 1.54) is 57.8 Å². The first kappa shape index (κ1) is 14.0. The van der Waals surface area contributed by atoms with Gasteiger partial charge in [-0.15, -0.1) is 0 Å². The number of hydrogen-bond acceptors (Lipinski definition) is 1. The van der Waals surface area contributed by atoms with Crippen LogP contribution >= 0.6 is 0 Å². The van der Waals surface area contributed by atoms with E-state index < -0.39 is 0 Å². The maximum atomic E-state index is 3.90. The number of rotatable bonds is 7. The molecule has 0 saturated heterocycles. The second kappa shape index (κ2) is 8.11. The lowest BCUT2D eigenvalue weighted by atomic mass is 9.83. The molecule has 0 aromatic rings. The summed E-state index contributed by atoms with van der Waals surface area (Å²) in [5, 5.41) is 3.90. The fourth-order valence-electron chi connectivity index (χ4n) is 3.00. The Morgan fingerprint density at radius 1 is 1.19 bits per heavy atom. The molecular weight excluding hydrogens is 194 g/mol. The molecule has 1 aliphatic rings. The molecule has 0 aromatic carbocycles. The van der Waals surface area contributed by atoms with Crippen LogP contribution in [0.5, 0.6) is 0 Å². The largest absolute Gasteiger partial charge is 0.311 e. The molecule has 0 heterocycles. The first-order chi connectivity index (χ1) is 7.80. The highest BCUT2D eigenvalue weighted by Crippen LogP contribution is 2.27. The molecule has 16 heavy (non-hydrogen) atoms. The molecule has 96 valence electrons. The molecule has 3 unspecified atom stereocenters. The Morgan fingerprint density at radius 3 is 2.62 bits per heavy atom. The Hall–Kier alpha value is -0.0400. The predicted molar refractivity (Wildman–Crippen MR) is 72.8 cm³/mol.